The predicted octanol–water partition coefficient (Wildman–Crippen LogP) is 5.99. The third-order valence-electron chi connectivity index (χ3n) is 4.16. The molecule has 0 N–H and O–H groups in total. The molecule has 0 radical (unpaired) electrons. The van der Waals surface area contributed by atoms with Crippen LogP contribution >= 0.6 is 0 Å². The van der Waals surface area contributed by atoms with Crippen molar-refractivity contribution in [2.45, 2.75) is 33.7 Å². The summed E-state index contributed by atoms with van der Waals surface area (Å²) in [5.41, 5.74) is 7.16. The molecule has 118 valence electrons. The van der Waals surface area contributed by atoms with Gasteiger partial charge in [-0.25, -0.2) is 0 Å². The highest BCUT2D eigenvalue weighted by Crippen LogP contribution is 2.27. The topological polar surface area (TPSA) is 12.4 Å². The van der Waals surface area contributed by atoms with Crippen LogP contribution in [0.5, 0.6) is 0 Å². The first-order valence-electron chi connectivity index (χ1n) is 8.07. The Morgan fingerprint density at radius 1 is 1.09 bits per heavy atom. The quantitative estimate of drug-likeness (QED) is 0.475. The monoisotopic (exact) mass is 303 g/mol. The van der Waals surface area contributed by atoms with Gasteiger partial charge in [-0.1, -0.05) is 67.3 Å². The molecule has 1 nitrogen and oxygen atoms in total. The number of aliphatic imine (C=N–C) groups is 1. The normalized spacial score (nSPS) is 13.7. The highest BCUT2D eigenvalue weighted by atomic mass is 14.8. The van der Waals surface area contributed by atoms with Crippen LogP contribution in [0.4, 0.5) is 0 Å². The molecule has 0 fully saturated rings. The van der Waals surface area contributed by atoms with Crippen molar-refractivity contribution in [2.75, 3.05) is 0 Å². The fraction of sp³-hybridized carbons (Fsp3) is 0.227. The van der Waals surface area contributed by atoms with Gasteiger partial charge in [0, 0.05) is 11.3 Å². The van der Waals surface area contributed by atoms with Crippen LogP contribution in [0.1, 0.15) is 31.9 Å². The zero-order valence-electron chi connectivity index (χ0n) is 14.5. The van der Waals surface area contributed by atoms with Crippen LogP contribution in [0.15, 0.2) is 77.8 Å². The lowest BCUT2D eigenvalue weighted by Gasteiger charge is -2.15. The molecule has 0 saturated carbocycles. The average molecular weight is 303 g/mol. The van der Waals surface area contributed by atoms with Gasteiger partial charge in [0.05, 0.1) is 6.04 Å². The summed E-state index contributed by atoms with van der Waals surface area (Å²) in [6.45, 7) is 12.3. The van der Waals surface area contributed by atoms with Crippen LogP contribution in [0.2, 0.25) is 0 Å². The highest BCUT2D eigenvalue weighted by Gasteiger charge is 2.12. The van der Waals surface area contributed by atoms with Crippen molar-refractivity contribution in [1.29, 1.82) is 0 Å². The van der Waals surface area contributed by atoms with E-state index in [1.807, 2.05) is 19.1 Å². The summed E-state index contributed by atoms with van der Waals surface area (Å²) in [6, 6.07) is 17.0. The van der Waals surface area contributed by atoms with E-state index < -0.39 is 0 Å². The van der Waals surface area contributed by atoms with Crippen molar-refractivity contribution in [3.8, 4) is 11.1 Å². The Morgan fingerprint density at radius 2 is 1.78 bits per heavy atom. The highest BCUT2D eigenvalue weighted by molar-refractivity contribution is 6.05. The van der Waals surface area contributed by atoms with Crippen molar-refractivity contribution in [3.05, 3.63) is 84.0 Å². The number of benzene rings is 2. The lowest BCUT2D eigenvalue weighted by atomic mass is 9.93. The zero-order valence-corrected chi connectivity index (χ0v) is 14.5. The number of aryl methyl sites for hydroxylation is 1. The fourth-order valence-electron chi connectivity index (χ4n) is 2.97. The fourth-order valence-corrected chi connectivity index (χ4v) is 2.97. The number of nitrogens with zero attached hydrogens (tertiary/aromatic N) is 1. The van der Waals surface area contributed by atoms with Crippen LogP contribution < -0.4 is 0 Å². The minimum atomic E-state index is 0.112. The van der Waals surface area contributed by atoms with E-state index in [-0.39, 0.29) is 6.04 Å². The Morgan fingerprint density at radius 3 is 2.39 bits per heavy atom. The number of hydrogen-bond donors (Lipinski definition) is 0. The second-order valence-electron chi connectivity index (χ2n) is 5.75. The van der Waals surface area contributed by atoms with Gasteiger partial charge in [0.15, 0.2) is 0 Å². The molecule has 0 aliphatic carbocycles. The summed E-state index contributed by atoms with van der Waals surface area (Å²) < 4.78 is 0. The molecule has 0 aliphatic rings. The molecule has 0 amide bonds. The van der Waals surface area contributed by atoms with Gasteiger partial charge in [-0.05, 0) is 50.0 Å². The first-order valence-corrected chi connectivity index (χ1v) is 8.07. The minimum absolute atomic E-state index is 0.112. The van der Waals surface area contributed by atoms with Crippen molar-refractivity contribution < 1.29 is 0 Å². The third kappa shape index (κ3) is 3.87. The number of rotatable bonds is 5. The van der Waals surface area contributed by atoms with Gasteiger partial charge in [-0.15, -0.1) is 0 Å². The van der Waals surface area contributed by atoms with Crippen LogP contribution in [0.3, 0.4) is 0 Å². The Balaban J connectivity index is 2.53. The van der Waals surface area contributed by atoms with E-state index >= 15 is 0 Å². The molecule has 2 rings (SSSR count). The Kier molecular flexibility index (Phi) is 5.70. The largest absolute Gasteiger partial charge is 0.282 e. The van der Waals surface area contributed by atoms with Crippen molar-refractivity contribution in [3.63, 3.8) is 0 Å². The van der Waals surface area contributed by atoms with Gasteiger partial charge in [0.25, 0.3) is 0 Å². The van der Waals surface area contributed by atoms with E-state index in [0.29, 0.717) is 0 Å². The lowest BCUT2D eigenvalue weighted by molar-refractivity contribution is 0.883. The molecule has 0 saturated heterocycles. The molecular formula is C22H25N. The second kappa shape index (κ2) is 7.73. The van der Waals surface area contributed by atoms with E-state index in [2.05, 4.69) is 75.9 Å². The summed E-state index contributed by atoms with van der Waals surface area (Å²) in [5, 5.41) is 0. The second-order valence-corrected chi connectivity index (χ2v) is 5.75. The molecule has 1 atom stereocenters. The predicted molar refractivity (Wildman–Crippen MR) is 102 cm³/mol. The van der Waals surface area contributed by atoms with Gasteiger partial charge < -0.3 is 0 Å². The molecule has 0 bridgehead atoms. The first-order chi connectivity index (χ1) is 11.1. The minimum Gasteiger partial charge on any atom is -0.282 e. The lowest BCUT2D eigenvalue weighted by Crippen LogP contribution is -2.08. The van der Waals surface area contributed by atoms with Crippen LogP contribution in [-0.4, -0.2) is 11.8 Å². The van der Waals surface area contributed by atoms with Crippen molar-refractivity contribution >= 4 is 5.71 Å². The Hall–Kier alpha value is -2.41. The summed E-state index contributed by atoms with van der Waals surface area (Å²) in [5.74, 6) is 0. The molecule has 1 unspecified atom stereocenters. The van der Waals surface area contributed by atoms with Crippen LogP contribution in [0.25, 0.3) is 11.1 Å². The number of hydrogen-bond acceptors (Lipinski definition) is 1. The molecule has 0 spiro atoms. The first kappa shape index (κ1) is 17.0. The smallest absolute Gasteiger partial charge is 0.0720 e. The van der Waals surface area contributed by atoms with Crippen LogP contribution in [-0.2, 0) is 0 Å². The van der Waals surface area contributed by atoms with E-state index in [9.17, 15) is 0 Å². The Bertz CT molecular complexity index is 736. The molecule has 2 aromatic rings. The average Bonchev–Trinajstić information content (AvgIpc) is 2.56. The summed E-state index contributed by atoms with van der Waals surface area (Å²) in [7, 11) is 0. The molecule has 1 heteroatoms. The van der Waals surface area contributed by atoms with Gasteiger partial charge in [0.1, 0.15) is 0 Å². The maximum absolute atomic E-state index is 4.91. The SMILES string of the molecule is C=C/C(=C\C)C(C)N=C(C)c1c(C)cccc1-c1ccccc1. The molecule has 0 aliphatic heterocycles. The van der Waals surface area contributed by atoms with E-state index in [4.69, 9.17) is 4.99 Å². The van der Waals surface area contributed by atoms with Gasteiger partial charge >= 0.3 is 0 Å². The van der Waals surface area contributed by atoms with Crippen molar-refractivity contribution in [2.24, 2.45) is 4.99 Å². The Labute approximate surface area is 140 Å². The summed E-state index contributed by atoms with van der Waals surface area (Å²) in [6.07, 6.45) is 3.96. The standard InChI is InChI=1S/C22H25N/c1-6-19(7-2)17(4)23-18(5)22-16(3)12-11-15-21(22)20-13-9-8-10-14-20/h6-15,17H,1H2,2-5H3/b19-7+,23-18?. The van der Waals surface area contributed by atoms with Gasteiger partial charge in [-0.2, -0.15) is 0 Å². The zero-order chi connectivity index (χ0) is 16.8. The third-order valence-corrected chi connectivity index (χ3v) is 4.16. The van der Waals surface area contributed by atoms with E-state index in [0.717, 1.165) is 11.3 Å². The maximum atomic E-state index is 4.91. The maximum Gasteiger partial charge on any atom is 0.0720 e. The molecular weight excluding hydrogens is 278 g/mol. The van der Waals surface area contributed by atoms with Crippen LogP contribution in [0, 0.1) is 6.92 Å². The molecule has 23 heavy (non-hydrogen) atoms. The molecule has 0 aromatic heterocycles. The molecule has 2 aromatic carbocycles. The van der Waals surface area contributed by atoms with Crippen molar-refractivity contribution in [1.82, 2.24) is 0 Å². The summed E-state index contributed by atoms with van der Waals surface area (Å²) >= 11 is 0. The molecule has 0 heterocycles. The van der Waals surface area contributed by atoms with Gasteiger partial charge in [0.2, 0.25) is 0 Å². The van der Waals surface area contributed by atoms with E-state index in [1.165, 1.54) is 22.3 Å². The number of allylic oxidation sites excluding steroid dienone is 1. The summed E-state index contributed by atoms with van der Waals surface area (Å²) in [4.78, 5) is 4.91. The van der Waals surface area contributed by atoms with Gasteiger partial charge in [-0.3, -0.25) is 4.99 Å². The van der Waals surface area contributed by atoms with E-state index in [1.54, 1.807) is 0 Å².